The Morgan fingerprint density at radius 3 is 2.58 bits per heavy atom. The summed E-state index contributed by atoms with van der Waals surface area (Å²) in [6.45, 7) is 5.37. The summed E-state index contributed by atoms with van der Waals surface area (Å²) in [5.41, 5.74) is 6.17. The third-order valence-corrected chi connectivity index (χ3v) is 6.27. The van der Waals surface area contributed by atoms with E-state index in [1.807, 2.05) is 32.3 Å². The third kappa shape index (κ3) is 3.41. The Kier molecular flexibility index (Phi) is 5.05. The van der Waals surface area contributed by atoms with Crippen molar-refractivity contribution >= 4 is 11.0 Å². The summed E-state index contributed by atoms with van der Waals surface area (Å²) in [7, 11) is 0. The Morgan fingerprint density at radius 2 is 1.90 bits per heavy atom. The van der Waals surface area contributed by atoms with Crippen LogP contribution in [0.2, 0.25) is 0 Å². The number of imidazole rings is 1. The van der Waals surface area contributed by atoms with Crippen molar-refractivity contribution in [2.75, 3.05) is 13.2 Å². The number of rotatable bonds is 4. The molecule has 0 radical (unpaired) electrons. The Labute approximate surface area is 181 Å². The van der Waals surface area contributed by atoms with Crippen LogP contribution in [0.5, 0.6) is 0 Å². The van der Waals surface area contributed by atoms with E-state index in [4.69, 9.17) is 9.26 Å². The van der Waals surface area contributed by atoms with Gasteiger partial charge in [0.15, 0.2) is 0 Å². The van der Waals surface area contributed by atoms with E-state index in [0.29, 0.717) is 11.5 Å². The van der Waals surface area contributed by atoms with Gasteiger partial charge in [-0.25, -0.2) is 4.98 Å². The lowest BCUT2D eigenvalue weighted by molar-refractivity contribution is 0.0547. The normalized spacial score (nSPS) is 15.8. The molecule has 0 spiro atoms. The van der Waals surface area contributed by atoms with Crippen molar-refractivity contribution in [3.63, 3.8) is 0 Å². The van der Waals surface area contributed by atoms with E-state index in [1.54, 1.807) is 0 Å². The quantitative estimate of drug-likeness (QED) is 0.461. The Morgan fingerprint density at radius 1 is 1.13 bits per heavy atom. The van der Waals surface area contributed by atoms with Crippen molar-refractivity contribution in [3.05, 3.63) is 71.4 Å². The van der Waals surface area contributed by atoms with Crippen LogP contribution in [0.15, 0.2) is 53.3 Å². The molecule has 5 rings (SSSR count). The van der Waals surface area contributed by atoms with Crippen LogP contribution in [0.4, 0.5) is 0 Å². The molecule has 1 fully saturated rings. The zero-order chi connectivity index (χ0) is 21.4. The molecule has 1 saturated heterocycles. The predicted molar refractivity (Wildman–Crippen MR) is 118 cm³/mol. The lowest BCUT2D eigenvalue weighted by Gasteiger charge is -2.32. The zero-order valence-electron chi connectivity index (χ0n) is 17.7. The highest BCUT2D eigenvalue weighted by Crippen LogP contribution is 2.38. The molecule has 3 heterocycles. The first kappa shape index (κ1) is 19.5. The van der Waals surface area contributed by atoms with Gasteiger partial charge >= 0.3 is 0 Å². The Hall–Kier alpha value is -3.43. The minimum atomic E-state index is 0.126. The molecule has 0 amide bonds. The molecule has 2 aromatic carbocycles. The lowest BCUT2D eigenvalue weighted by atomic mass is 9.86. The number of hydrogen-bond donors (Lipinski definition) is 0. The van der Waals surface area contributed by atoms with Gasteiger partial charge < -0.3 is 13.8 Å². The summed E-state index contributed by atoms with van der Waals surface area (Å²) in [5, 5.41) is 14.0. The molecule has 31 heavy (non-hydrogen) atoms. The van der Waals surface area contributed by atoms with Crippen molar-refractivity contribution in [3.8, 4) is 17.2 Å². The van der Waals surface area contributed by atoms with Gasteiger partial charge in [0.1, 0.15) is 17.3 Å². The number of hydrogen-bond acceptors (Lipinski definition) is 5. The molecule has 2 aromatic heterocycles. The molecule has 1 aliphatic rings. The number of ether oxygens (including phenoxy) is 1. The molecule has 1 aliphatic heterocycles. The Bertz CT molecular complexity index is 1240. The van der Waals surface area contributed by atoms with Crippen LogP contribution < -0.4 is 0 Å². The van der Waals surface area contributed by atoms with Crippen molar-refractivity contribution < 1.29 is 9.26 Å². The topological polar surface area (TPSA) is 76.9 Å². The number of benzene rings is 2. The summed E-state index contributed by atoms with van der Waals surface area (Å²) in [6, 6.07) is 17.0. The monoisotopic (exact) mass is 412 g/mol. The maximum atomic E-state index is 9.85. The fraction of sp³-hybridized carbons (Fsp3) is 0.320. The number of aryl methyl sites for hydroxylation is 2. The molecule has 156 valence electrons. The van der Waals surface area contributed by atoms with Gasteiger partial charge in [-0.3, -0.25) is 0 Å². The van der Waals surface area contributed by atoms with Crippen LogP contribution in [0.1, 0.15) is 41.5 Å². The fourth-order valence-corrected chi connectivity index (χ4v) is 4.82. The maximum absolute atomic E-state index is 9.85. The highest BCUT2D eigenvalue weighted by Gasteiger charge is 2.29. The zero-order valence-corrected chi connectivity index (χ0v) is 17.7. The van der Waals surface area contributed by atoms with E-state index in [-0.39, 0.29) is 6.04 Å². The molecule has 6 nitrogen and oxygen atoms in total. The van der Waals surface area contributed by atoms with Gasteiger partial charge in [-0.05, 0) is 55.9 Å². The second-order valence-corrected chi connectivity index (χ2v) is 8.16. The van der Waals surface area contributed by atoms with Gasteiger partial charge in [-0.2, -0.15) is 5.26 Å². The van der Waals surface area contributed by atoms with Crippen molar-refractivity contribution in [1.82, 2.24) is 14.7 Å². The summed E-state index contributed by atoms with van der Waals surface area (Å²) in [5.74, 6) is 1.18. The molecule has 4 aromatic rings. The van der Waals surface area contributed by atoms with Gasteiger partial charge in [-0.15, -0.1) is 0 Å². The van der Waals surface area contributed by atoms with E-state index < -0.39 is 0 Å². The third-order valence-electron chi connectivity index (χ3n) is 6.27. The molecular formula is C25H24N4O2. The van der Waals surface area contributed by atoms with Gasteiger partial charge in [0.25, 0.3) is 0 Å². The van der Waals surface area contributed by atoms with Crippen LogP contribution in [-0.2, 0) is 4.74 Å². The maximum Gasteiger partial charge on any atom is 0.141 e. The highest BCUT2D eigenvalue weighted by molar-refractivity contribution is 5.88. The number of fused-ring (bicyclic) bond motifs is 1. The predicted octanol–water partition coefficient (Wildman–Crippen LogP) is 5.20. The Balaban J connectivity index is 1.73. The minimum Gasteiger partial charge on any atom is -0.381 e. The summed E-state index contributed by atoms with van der Waals surface area (Å²) in [4.78, 5) is 4.67. The highest BCUT2D eigenvalue weighted by atomic mass is 16.5. The van der Waals surface area contributed by atoms with Gasteiger partial charge in [0.05, 0.1) is 29.1 Å². The van der Waals surface area contributed by atoms with Crippen LogP contribution >= 0.6 is 0 Å². The van der Waals surface area contributed by atoms with E-state index in [9.17, 15) is 5.26 Å². The second-order valence-electron chi connectivity index (χ2n) is 8.16. The standard InChI is InChI=1S/C25H24N4O2/c1-16-23(17(2)31-28-16)20-12-21(14-26)24-22(13-20)29(15-27-24)25(18-6-4-3-5-7-18)19-8-10-30-11-9-19/h3-7,12-13,15,19,25H,8-11H2,1-2H3/t25-/m1/s1. The summed E-state index contributed by atoms with van der Waals surface area (Å²) in [6.07, 6.45) is 3.87. The smallest absolute Gasteiger partial charge is 0.141 e. The first-order chi connectivity index (χ1) is 15.2. The molecule has 0 aliphatic carbocycles. The minimum absolute atomic E-state index is 0.126. The summed E-state index contributed by atoms with van der Waals surface area (Å²) < 4.78 is 13.3. The van der Waals surface area contributed by atoms with Gasteiger partial charge in [0, 0.05) is 18.8 Å². The first-order valence-electron chi connectivity index (χ1n) is 10.6. The van der Waals surface area contributed by atoms with Crippen molar-refractivity contribution in [2.45, 2.75) is 32.7 Å². The fourth-order valence-electron chi connectivity index (χ4n) is 4.82. The average molecular weight is 412 g/mol. The van der Waals surface area contributed by atoms with E-state index in [2.05, 4.69) is 51.1 Å². The molecule has 1 atom stereocenters. The molecule has 0 unspecified atom stereocenters. The second kappa shape index (κ2) is 8.01. The van der Waals surface area contributed by atoms with E-state index in [0.717, 1.165) is 59.7 Å². The van der Waals surface area contributed by atoms with E-state index >= 15 is 0 Å². The summed E-state index contributed by atoms with van der Waals surface area (Å²) >= 11 is 0. The molecular weight excluding hydrogens is 388 g/mol. The molecule has 0 saturated carbocycles. The molecule has 6 heteroatoms. The van der Waals surface area contributed by atoms with Crippen LogP contribution in [-0.4, -0.2) is 27.9 Å². The average Bonchev–Trinajstić information content (AvgIpc) is 3.37. The molecule has 0 N–H and O–H groups in total. The van der Waals surface area contributed by atoms with E-state index in [1.165, 1.54) is 5.56 Å². The van der Waals surface area contributed by atoms with Crippen LogP contribution in [0.3, 0.4) is 0 Å². The SMILES string of the molecule is Cc1noc(C)c1-c1cc(C#N)c2ncn([C@H](c3ccccc3)C3CCOCC3)c2c1. The van der Waals surface area contributed by atoms with Gasteiger partial charge in [-0.1, -0.05) is 35.5 Å². The molecule has 0 bridgehead atoms. The number of aromatic nitrogens is 3. The number of nitriles is 1. The van der Waals surface area contributed by atoms with Crippen molar-refractivity contribution in [1.29, 1.82) is 5.26 Å². The first-order valence-corrected chi connectivity index (χ1v) is 10.6. The van der Waals surface area contributed by atoms with Crippen LogP contribution in [0.25, 0.3) is 22.2 Å². The van der Waals surface area contributed by atoms with Crippen LogP contribution in [0, 0.1) is 31.1 Å². The van der Waals surface area contributed by atoms with Crippen molar-refractivity contribution in [2.24, 2.45) is 5.92 Å². The number of nitrogens with zero attached hydrogens (tertiary/aromatic N) is 4. The van der Waals surface area contributed by atoms with Gasteiger partial charge in [0.2, 0.25) is 0 Å². The largest absolute Gasteiger partial charge is 0.381 e. The lowest BCUT2D eigenvalue weighted by Crippen LogP contribution is -2.26.